The molecule has 6 nitrogen and oxygen atoms in total. The predicted octanol–water partition coefficient (Wildman–Crippen LogP) is 3.12. The summed E-state index contributed by atoms with van der Waals surface area (Å²) in [5.74, 6) is 1.46. The van der Waals surface area contributed by atoms with Crippen LogP contribution in [-0.2, 0) is 17.8 Å². The van der Waals surface area contributed by atoms with Crippen LogP contribution in [0.4, 0.5) is 4.79 Å². The molecule has 27 heavy (non-hydrogen) atoms. The zero-order valence-corrected chi connectivity index (χ0v) is 15.1. The molecular formula is C21H23NO5. The molecule has 2 aliphatic rings. The summed E-state index contributed by atoms with van der Waals surface area (Å²) in [4.78, 5) is 13.9. The van der Waals surface area contributed by atoms with Crippen molar-refractivity contribution in [3.8, 4) is 11.5 Å². The van der Waals surface area contributed by atoms with E-state index in [0.29, 0.717) is 32.4 Å². The Balaban J connectivity index is 1.29. The number of amides is 1. The first-order valence-corrected chi connectivity index (χ1v) is 9.18. The van der Waals surface area contributed by atoms with E-state index in [1.54, 1.807) is 4.90 Å². The molecule has 1 fully saturated rings. The molecule has 0 atom stereocenters. The summed E-state index contributed by atoms with van der Waals surface area (Å²) in [6.07, 6.45) is 1.23. The van der Waals surface area contributed by atoms with Gasteiger partial charge in [0.05, 0.1) is 5.60 Å². The lowest BCUT2D eigenvalue weighted by molar-refractivity contribution is -0.0206. The fourth-order valence-electron chi connectivity index (χ4n) is 3.52. The second kappa shape index (κ2) is 7.48. The molecule has 1 amide bonds. The summed E-state index contributed by atoms with van der Waals surface area (Å²) < 4.78 is 16.1. The van der Waals surface area contributed by atoms with Gasteiger partial charge in [0.15, 0.2) is 11.5 Å². The van der Waals surface area contributed by atoms with Gasteiger partial charge in [0.25, 0.3) is 0 Å². The highest BCUT2D eigenvalue weighted by molar-refractivity contribution is 5.67. The average molecular weight is 369 g/mol. The summed E-state index contributed by atoms with van der Waals surface area (Å²) in [5, 5.41) is 10.9. The Hall–Kier alpha value is -2.73. The lowest BCUT2D eigenvalue weighted by Gasteiger charge is -2.37. The lowest BCUT2D eigenvalue weighted by atomic mass is 9.85. The number of hydrogen-bond donors (Lipinski definition) is 1. The van der Waals surface area contributed by atoms with Crippen molar-refractivity contribution >= 4 is 6.09 Å². The van der Waals surface area contributed by atoms with Gasteiger partial charge >= 0.3 is 6.09 Å². The van der Waals surface area contributed by atoms with Crippen LogP contribution in [0.2, 0.25) is 0 Å². The third-order valence-corrected chi connectivity index (χ3v) is 5.13. The van der Waals surface area contributed by atoms with Crippen LogP contribution in [-0.4, -0.2) is 41.6 Å². The first kappa shape index (κ1) is 17.7. The van der Waals surface area contributed by atoms with E-state index in [9.17, 15) is 9.90 Å². The molecule has 142 valence electrons. The highest BCUT2D eigenvalue weighted by Gasteiger charge is 2.35. The number of ether oxygens (including phenoxy) is 3. The fraction of sp³-hybridized carbons (Fsp3) is 0.381. The lowest BCUT2D eigenvalue weighted by Crippen LogP contribution is -2.47. The largest absolute Gasteiger partial charge is 0.454 e. The van der Waals surface area contributed by atoms with E-state index in [-0.39, 0.29) is 19.5 Å². The summed E-state index contributed by atoms with van der Waals surface area (Å²) in [7, 11) is 0. The van der Waals surface area contributed by atoms with E-state index in [0.717, 1.165) is 22.6 Å². The summed E-state index contributed by atoms with van der Waals surface area (Å²) >= 11 is 0. The van der Waals surface area contributed by atoms with E-state index < -0.39 is 5.60 Å². The van der Waals surface area contributed by atoms with Crippen molar-refractivity contribution in [1.29, 1.82) is 0 Å². The minimum atomic E-state index is -0.829. The molecule has 0 aromatic heterocycles. The van der Waals surface area contributed by atoms with Gasteiger partial charge in [0.2, 0.25) is 6.79 Å². The van der Waals surface area contributed by atoms with Crippen LogP contribution >= 0.6 is 0 Å². The van der Waals surface area contributed by atoms with Crippen LogP contribution in [0.3, 0.4) is 0 Å². The van der Waals surface area contributed by atoms with Crippen LogP contribution in [0.25, 0.3) is 0 Å². The Morgan fingerprint density at radius 3 is 2.56 bits per heavy atom. The quantitative estimate of drug-likeness (QED) is 0.897. The Morgan fingerprint density at radius 2 is 1.78 bits per heavy atom. The molecule has 1 N–H and O–H groups in total. The Bertz CT molecular complexity index is 799. The maximum atomic E-state index is 12.3. The fourth-order valence-corrected chi connectivity index (χ4v) is 3.52. The summed E-state index contributed by atoms with van der Waals surface area (Å²) in [6.45, 7) is 1.46. The molecule has 0 saturated carbocycles. The molecular weight excluding hydrogens is 346 g/mol. The minimum Gasteiger partial charge on any atom is -0.454 e. The Labute approximate surface area is 158 Å². The molecule has 2 aromatic carbocycles. The monoisotopic (exact) mass is 369 g/mol. The van der Waals surface area contributed by atoms with Gasteiger partial charge in [0, 0.05) is 19.5 Å². The van der Waals surface area contributed by atoms with Gasteiger partial charge in [-0.2, -0.15) is 0 Å². The molecule has 1 saturated heterocycles. The molecule has 0 unspecified atom stereocenters. The maximum Gasteiger partial charge on any atom is 0.410 e. The van der Waals surface area contributed by atoms with Gasteiger partial charge in [-0.15, -0.1) is 0 Å². The van der Waals surface area contributed by atoms with Crippen LogP contribution in [0, 0.1) is 0 Å². The Morgan fingerprint density at radius 1 is 1.04 bits per heavy atom. The number of carbonyl (C=O) groups is 1. The third kappa shape index (κ3) is 4.17. The van der Waals surface area contributed by atoms with Crippen molar-refractivity contribution < 1.29 is 24.1 Å². The number of piperidine rings is 1. The first-order valence-electron chi connectivity index (χ1n) is 9.18. The summed E-state index contributed by atoms with van der Waals surface area (Å²) in [5.41, 5.74) is 1.13. The molecule has 0 bridgehead atoms. The molecule has 6 heteroatoms. The van der Waals surface area contributed by atoms with Crippen molar-refractivity contribution in [1.82, 2.24) is 4.90 Å². The predicted molar refractivity (Wildman–Crippen MR) is 98.7 cm³/mol. The van der Waals surface area contributed by atoms with Gasteiger partial charge in [-0.05, 0) is 36.1 Å². The average Bonchev–Trinajstić information content (AvgIpc) is 3.15. The van der Waals surface area contributed by atoms with Crippen LogP contribution in [0.1, 0.15) is 24.0 Å². The van der Waals surface area contributed by atoms with Crippen molar-refractivity contribution in [3.63, 3.8) is 0 Å². The zero-order chi connectivity index (χ0) is 18.7. The number of aliphatic hydroxyl groups is 1. The molecule has 0 aliphatic carbocycles. The first-order chi connectivity index (χ1) is 13.1. The minimum absolute atomic E-state index is 0.239. The van der Waals surface area contributed by atoms with Crippen LogP contribution in [0.15, 0.2) is 48.5 Å². The van der Waals surface area contributed by atoms with Crippen molar-refractivity contribution in [2.45, 2.75) is 31.5 Å². The topological polar surface area (TPSA) is 68.2 Å². The normalized spacial score (nSPS) is 17.6. The number of fused-ring (bicyclic) bond motifs is 1. The van der Waals surface area contributed by atoms with E-state index in [1.807, 2.05) is 48.5 Å². The molecule has 0 radical (unpaired) electrons. The van der Waals surface area contributed by atoms with Crippen molar-refractivity contribution in [2.24, 2.45) is 0 Å². The number of rotatable bonds is 4. The second-order valence-electron chi connectivity index (χ2n) is 7.12. The van der Waals surface area contributed by atoms with E-state index in [4.69, 9.17) is 14.2 Å². The second-order valence-corrected chi connectivity index (χ2v) is 7.12. The number of carbonyl (C=O) groups excluding carboxylic acids is 1. The van der Waals surface area contributed by atoms with Gasteiger partial charge in [-0.1, -0.05) is 36.4 Å². The van der Waals surface area contributed by atoms with Crippen molar-refractivity contribution in [3.05, 3.63) is 59.7 Å². The van der Waals surface area contributed by atoms with E-state index >= 15 is 0 Å². The van der Waals surface area contributed by atoms with Gasteiger partial charge in [0.1, 0.15) is 6.61 Å². The number of likely N-dealkylation sites (tertiary alicyclic amines) is 1. The third-order valence-electron chi connectivity index (χ3n) is 5.13. The standard InChI is InChI=1S/C21H23NO5/c23-20(25-14-16-4-2-1-3-5-16)22-10-8-21(24,9-11-22)13-17-6-7-18-19(12-17)27-15-26-18/h1-7,12,24H,8-11,13-15H2. The maximum absolute atomic E-state index is 12.3. The number of benzene rings is 2. The van der Waals surface area contributed by atoms with Gasteiger partial charge in [-0.3, -0.25) is 0 Å². The highest BCUT2D eigenvalue weighted by atomic mass is 16.7. The summed E-state index contributed by atoms with van der Waals surface area (Å²) in [6, 6.07) is 15.3. The zero-order valence-electron chi connectivity index (χ0n) is 15.1. The van der Waals surface area contributed by atoms with Crippen LogP contribution in [0.5, 0.6) is 11.5 Å². The number of nitrogens with zero attached hydrogens (tertiary/aromatic N) is 1. The van der Waals surface area contributed by atoms with Crippen LogP contribution < -0.4 is 9.47 Å². The molecule has 2 heterocycles. The smallest absolute Gasteiger partial charge is 0.410 e. The molecule has 0 spiro atoms. The molecule has 2 aromatic rings. The molecule has 2 aliphatic heterocycles. The highest BCUT2D eigenvalue weighted by Crippen LogP contribution is 2.35. The van der Waals surface area contributed by atoms with Gasteiger partial charge in [-0.25, -0.2) is 4.79 Å². The Kier molecular flexibility index (Phi) is 4.90. The van der Waals surface area contributed by atoms with E-state index in [2.05, 4.69) is 0 Å². The number of hydrogen-bond acceptors (Lipinski definition) is 5. The molecule has 4 rings (SSSR count). The van der Waals surface area contributed by atoms with E-state index in [1.165, 1.54) is 0 Å². The van der Waals surface area contributed by atoms with Gasteiger partial charge < -0.3 is 24.2 Å². The SMILES string of the molecule is O=C(OCc1ccccc1)N1CCC(O)(Cc2ccc3c(c2)OCO3)CC1. The van der Waals surface area contributed by atoms with Crippen molar-refractivity contribution in [2.75, 3.05) is 19.9 Å².